The van der Waals surface area contributed by atoms with Crippen LogP contribution in [-0.2, 0) is 9.54 Å². The third-order valence-electron chi connectivity index (χ3n) is 5.86. The van der Waals surface area contributed by atoms with Gasteiger partial charge in [-0.25, -0.2) is 0 Å². The van der Waals surface area contributed by atoms with Gasteiger partial charge in [-0.15, -0.1) is 0 Å². The minimum absolute atomic E-state index is 0.135. The van der Waals surface area contributed by atoms with E-state index in [4.69, 9.17) is 0 Å². The Morgan fingerprint density at radius 1 is 0.800 bits per heavy atom. The van der Waals surface area contributed by atoms with E-state index in [1.807, 2.05) is 47.4 Å². The smallest absolute Gasteiger partial charge is 0.252 e. The summed E-state index contributed by atoms with van der Waals surface area (Å²) < 4.78 is -0.792. The quantitative estimate of drug-likeness (QED) is 0.514. The van der Waals surface area contributed by atoms with Crippen molar-refractivity contribution in [1.29, 1.82) is 0 Å². The van der Waals surface area contributed by atoms with Crippen LogP contribution in [0.3, 0.4) is 0 Å². The molecule has 4 heteroatoms. The largest absolute Gasteiger partial charge is 0.308 e. The minimum Gasteiger partial charge on any atom is -0.308 e. The van der Waals surface area contributed by atoms with Gasteiger partial charge in [0.1, 0.15) is 4.75 Å². The molecule has 1 aliphatic rings. The standard InChI is InChI=1S/C26H28N2OS/c1-3-27(4-2)19-20-28-23-17-11-12-18-24(23)30-26(25(28)29,21-13-7-5-8-14-21)22-15-9-6-10-16-22/h5-18H,3-4,19-20H2,1-2H3. The molecule has 0 radical (unpaired) electrons. The summed E-state index contributed by atoms with van der Waals surface area (Å²) in [5.41, 5.74) is 3.06. The van der Waals surface area contributed by atoms with Crippen LogP contribution in [0.1, 0.15) is 25.0 Å². The molecular formula is C26H28N2OS. The molecule has 0 unspecified atom stereocenters. The maximum atomic E-state index is 14.3. The lowest BCUT2D eigenvalue weighted by Gasteiger charge is -2.43. The number of hydrogen-bond donors (Lipinski definition) is 0. The number of thioether (sulfide) groups is 1. The van der Waals surface area contributed by atoms with Crippen LogP contribution in [0, 0.1) is 0 Å². The van der Waals surface area contributed by atoms with Crippen molar-refractivity contribution in [2.45, 2.75) is 23.5 Å². The maximum absolute atomic E-state index is 14.3. The SMILES string of the molecule is CCN(CC)CCN1C(=O)C(c2ccccc2)(c2ccccc2)Sc2ccccc21. The van der Waals surface area contributed by atoms with Crippen molar-refractivity contribution in [3.63, 3.8) is 0 Å². The normalized spacial score (nSPS) is 15.3. The Labute approximate surface area is 183 Å². The molecule has 30 heavy (non-hydrogen) atoms. The van der Waals surface area contributed by atoms with Gasteiger partial charge in [-0.2, -0.15) is 0 Å². The summed E-state index contributed by atoms with van der Waals surface area (Å²) in [6, 6.07) is 28.7. The molecule has 0 N–H and O–H groups in total. The van der Waals surface area contributed by atoms with Gasteiger partial charge in [-0.05, 0) is 36.3 Å². The zero-order chi connectivity index (χ0) is 21.0. The van der Waals surface area contributed by atoms with E-state index in [0.29, 0.717) is 6.54 Å². The first-order valence-corrected chi connectivity index (χ1v) is 11.5. The van der Waals surface area contributed by atoms with Gasteiger partial charge >= 0.3 is 0 Å². The molecule has 0 aliphatic carbocycles. The lowest BCUT2D eigenvalue weighted by atomic mass is 9.88. The minimum atomic E-state index is -0.792. The van der Waals surface area contributed by atoms with Crippen LogP contribution in [0.25, 0.3) is 0 Å². The first-order chi connectivity index (χ1) is 14.7. The summed E-state index contributed by atoms with van der Waals surface area (Å²) in [6.07, 6.45) is 0. The van der Waals surface area contributed by atoms with Crippen LogP contribution in [0.5, 0.6) is 0 Å². The molecule has 0 bridgehead atoms. The van der Waals surface area contributed by atoms with E-state index >= 15 is 0 Å². The maximum Gasteiger partial charge on any atom is 0.252 e. The van der Waals surface area contributed by atoms with Crippen LogP contribution >= 0.6 is 11.8 Å². The first kappa shape index (κ1) is 20.7. The molecule has 1 aliphatic heterocycles. The zero-order valence-corrected chi connectivity index (χ0v) is 18.4. The average molecular weight is 417 g/mol. The predicted octanol–water partition coefficient (Wildman–Crippen LogP) is 5.41. The van der Waals surface area contributed by atoms with Gasteiger partial charge in [0, 0.05) is 18.0 Å². The monoisotopic (exact) mass is 416 g/mol. The van der Waals surface area contributed by atoms with Crippen LogP contribution in [0.15, 0.2) is 89.8 Å². The number of amides is 1. The Morgan fingerprint density at radius 2 is 1.33 bits per heavy atom. The molecule has 1 heterocycles. The Balaban J connectivity index is 1.86. The highest BCUT2D eigenvalue weighted by Crippen LogP contribution is 2.54. The van der Waals surface area contributed by atoms with E-state index in [1.54, 1.807) is 11.8 Å². The van der Waals surface area contributed by atoms with E-state index in [2.05, 4.69) is 61.2 Å². The number of carbonyl (C=O) groups excluding carboxylic acids is 1. The second-order valence-electron chi connectivity index (χ2n) is 7.47. The molecule has 4 rings (SSSR count). The number of fused-ring (bicyclic) bond motifs is 1. The number of rotatable bonds is 7. The van der Waals surface area contributed by atoms with Crippen LogP contribution in [0.4, 0.5) is 5.69 Å². The third-order valence-corrected chi connectivity index (χ3v) is 7.38. The zero-order valence-electron chi connectivity index (χ0n) is 17.6. The average Bonchev–Trinajstić information content (AvgIpc) is 2.81. The highest BCUT2D eigenvalue weighted by atomic mass is 32.2. The highest BCUT2D eigenvalue weighted by molar-refractivity contribution is 8.01. The van der Waals surface area contributed by atoms with Crippen molar-refractivity contribution >= 4 is 23.4 Å². The number of benzene rings is 3. The number of hydrogen-bond acceptors (Lipinski definition) is 3. The fraction of sp³-hybridized carbons (Fsp3) is 0.269. The Kier molecular flexibility index (Phi) is 6.26. The van der Waals surface area contributed by atoms with Gasteiger partial charge in [0.2, 0.25) is 0 Å². The van der Waals surface area contributed by atoms with Crippen molar-refractivity contribution < 1.29 is 4.79 Å². The molecule has 3 aromatic carbocycles. The van der Waals surface area contributed by atoms with E-state index in [1.165, 1.54) is 0 Å². The van der Waals surface area contributed by atoms with Crippen molar-refractivity contribution in [3.8, 4) is 0 Å². The molecule has 3 aromatic rings. The molecule has 0 fully saturated rings. The van der Waals surface area contributed by atoms with Crippen LogP contribution < -0.4 is 4.90 Å². The summed E-state index contributed by atoms with van der Waals surface area (Å²) in [5.74, 6) is 0.135. The Bertz CT molecular complexity index is 947. The van der Waals surface area contributed by atoms with E-state index < -0.39 is 4.75 Å². The summed E-state index contributed by atoms with van der Waals surface area (Å²) in [4.78, 5) is 19.8. The summed E-state index contributed by atoms with van der Waals surface area (Å²) in [6.45, 7) is 7.85. The molecule has 0 spiro atoms. The second-order valence-corrected chi connectivity index (χ2v) is 8.72. The number of para-hydroxylation sites is 1. The summed E-state index contributed by atoms with van der Waals surface area (Å²) >= 11 is 1.66. The van der Waals surface area contributed by atoms with Gasteiger partial charge in [-0.1, -0.05) is 98.4 Å². The van der Waals surface area contributed by atoms with E-state index in [0.717, 1.165) is 41.3 Å². The molecule has 0 aromatic heterocycles. The molecule has 0 saturated heterocycles. The molecule has 0 saturated carbocycles. The second kappa shape index (κ2) is 9.07. The number of carbonyl (C=O) groups is 1. The number of anilines is 1. The molecule has 1 amide bonds. The number of nitrogens with zero attached hydrogens (tertiary/aromatic N) is 2. The fourth-order valence-corrected chi connectivity index (χ4v) is 5.62. The van der Waals surface area contributed by atoms with Gasteiger partial charge in [0.05, 0.1) is 5.69 Å². The lowest BCUT2D eigenvalue weighted by molar-refractivity contribution is -0.120. The van der Waals surface area contributed by atoms with Gasteiger partial charge < -0.3 is 9.80 Å². The van der Waals surface area contributed by atoms with Crippen molar-refractivity contribution in [2.24, 2.45) is 0 Å². The van der Waals surface area contributed by atoms with Crippen LogP contribution in [0.2, 0.25) is 0 Å². The van der Waals surface area contributed by atoms with E-state index in [-0.39, 0.29) is 5.91 Å². The van der Waals surface area contributed by atoms with Crippen LogP contribution in [-0.4, -0.2) is 37.0 Å². The molecular weight excluding hydrogens is 388 g/mol. The molecule has 0 atom stereocenters. The molecule has 154 valence electrons. The number of likely N-dealkylation sites (N-methyl/N-ethyl adjacent to an activating group) is 1. The summed E-state index contributed by atoms with van der Waals surface area (Å²) in [7, 11) is 0. The topological polar surface area (TPSA) is 23.6 Å². The van der Waals surface area contributed by atoms with Crippen molar-refractivity contribution in [3.05, 3.63) is 96.1 Å². The highest BCUT2D eigenvalue weighted by Gasteiger charge is 2.49. The third kappa shape index (κ3) is 3.66. The van der Waals surface area contributed by atoms with Gasteiger partial charge in [-0.3, -0.25) is 4.79 Å². The van der Waals surface area contributed by atoms with Crippen molar-refractivity contribution in [2.75, 3.05) is 31.1 Å². The Morgan fingerprint density at radius 3 is 1.90 bits per heavy atom. The van der Waals surface area contributed by atoms with Gasteiger partial charge in [0.25, 0.3) is 5.91 Å². The van der Waals surface area contributed by atoms with Gasteiger partial charge in [0.15, 0.2) is 0 Å². The predicted molar refractivity (Wildman–Crippen MR) is 126 cm³/mol. The van der Waals surface area contributed by atoms with Crippen molar-refractivity contribution in [1.82, 2.24) is 4.90 Å². The van der Waals surface area contributed by atoms with E-state index in [9.17, 15) is 4.79 Å². The first-order valence-electron chi connectivity index (χ1n) is 10.6. The Hall–Kier alpha value is -2.56. The molecule has 3 nitrogen and oxygen atoms in total. The fourth-order valence-electron chi connectivity index (χ4n) is 4.15. The lowest BCUT2D eigenvalue weighted by Crippen LogP contribution is -2.51. The summed E-state index contributed by atoms with van der Waals surface area (Å²) in [5, 5.41) is 0.